The van der Waals surface area contributed by atoms with Gasteiger partial charge in [0.15, 0.2) is 5.12 Å². The maximum atomic E-state index is 12.7. The molecule has 0 spiro atoms. The molecule has 134 valence electrons. The first-order valence-electron chi connectivity index (χ1n) is 8.74. The van der Waals surface area contributed by atoms with Gasteiger partial charge in [0.25, 0.3) is 5.97 Å². The van der Waals surface area contributed by atoms with Crippen molar-refractivity contribution in [1.29, 1.82) is 0 Å². The molecule has 3 atom stereocenters. The van der Waals surface area contributed by atoms with Crippen LogP contribution in [0, 0.1) is 11.8 Å². The van der Waals surface area contributed by atoms with Crippen LogP contribution in [-0.2, 0) is 19.0 Å². The lowest BCUT2D eigenvalue weighted by Gasteiger charge is -2.46. The number of benzene rings is 1. The van der Waals surface area contributed by atoms with Gasteiger partial charge >= 0.3 is 0 Å². The molecule has 0 aromatic heterocycles. The van der Waals surface area contributed by atoms with Crippen molar-refractivity contribution in [2.75, 3.05) is 19.0 Å². The van der Waals surface area contributed by atoms with Crippen molar-refractivity contribution < 1.29 is 19.0 Å². The van der Waals surface area contributed by atoms with Crippen molar-refractivity contribution in [3.63, 3.8) is 0 Å². The van der Waals surface area contributed by atoms with E-state index in [0.29, 0.717) is 19.6 Å². The predicted molar refractivity (Wildman–Crippen MR) is 96.7 cm³/mol. The van der Waals surface area contributed by atoms with E-state index in [9.17, 15) is 4.79 Å². The van der Waals surface area contributed by atoms with Crippen LogP contribution in [0.2, 0.25) is 0 Å². The normalized spacial score (nSPS) is 26.2. The second kappa shape index (κ2) is 8.99. The van der Waals surface area contributed by atoms with Gasteiger partial charge in [0.05, 0.1) is 12.0 Å². The smallest absolute Gasteiger partial charge is 0.283 e. The highest BCUT2D eigenvalue weighted by Crippen LogP contribution is 2.47. The van der Waals surface area contributed by atoms with Crippen LogP contribution in [0.1, 0.15) is 45.8 Å². The van der Waals surface area contributed by atoms with Crippen molar-refractivity contribution in [3.05, 3.63) is 35.9 Å². The average molecular weight is 352 g/mol. The molecule has 24 heavy (non-hydrogen) atoms. The minimum atomic E-state index is -1.07. The molecule has 0 N–H and O–H groups in total. The molecule has 0 saturated carbocycles. The summed E-state index contributed by atoms with van der Waals surface area (Å²) in [6.45, 7) is 8.93. The van der Waals surface area contributed by atoms with Crippen LogP contribution >= 0.6 is 11.8 Å². The van der Waals surface area contributed by atoms with Gasteiger partial charge in [-0.1, -0.05) is 55.9 Å². The molecular weight excluding hydrogens is 324 g/mol. The largest absolute Gasteiger partial charge is 0.328 e. The van der Waals surface area contributed by atoms with Crippen LogP contribution in [0.3, 0.4) is 0 Å². The van der Waals surface area contributed by atoms with Gasteiger partial charge in [-0.2, -0.15) is 0 Å². The lowest BCUT2D eigenvalue weighted by atomic mass is 9.81. The third-order valence-corrected chi connectivity index (χ3v) is 5.08. The quantitative estimate of drug-likeness (QED) is 0.680. The Kier molecular flexibility index (Phi) is 7.29. The third kappa shape index (κ3) is 4.39. The summed E-state index contributed by atoms with van der Waals surface area (Å²) in [5, 5.41) is 0.181. The Hall–Kier alpha value is -0.880. The molecule has 1 aromatic rings. The first-order valence-corrected chi connectivity index (χ1v) is 9.72. The molecular formula is C19H28O4S. The van der Waals surface area contributed by atoms with Crippen LogP contribution in [0.5, 0.6) is 0 Å². The summed E-state index contributed by atoms with van der Waals surface area (Å²) in [6.07, 6.45) is 0.193. The fourth-order valence-electron chi connectivity index (χ4n) is 3.31. The summed E-state index contributed by atoms with van der Waals surface area (Å²) in [5.41, 5.74) is 0.989. The number of hydrogen-bond acceptors (Lipinski definition) is 5. The number of ether oxygens (including phenoxy) is 3. The summed E-state index contributed by atoms with van der Waals surface area (Å²) in [7, 11) is 0. The fourth-order valence-corrected chi connectivity index (χ4v) is 4.15. The summed E-state index contributed by atoms with van der Waals surface area (Å²) in [5.74, 6) is -0.400. The third-order valence-electron chi connectivity index (χ3n) is 4.23. The van der Waals surface area contributed by atoms with E-state index in [1.54, 1.807) is 0 Å². The zero-order valence-corrected chi connectivity index (χ0v) is 15.8. The minimum Gasteiger partial charge on any atom is -0.328 e. The maximum Gasteiger partial charge on any atom is 0.283 e. The highest BCUT2D eigenvalue weighted by molar-refractivity contribution is 8.13. The molecule has 4 nitrogen and oxygen atoms in total. The van der Waals surface area contributed by atoms with Crippen LogP contribution in [0.4, 0.5) is 0 Å². The highest BCUT2D eigenvalue weighted by Gasteiger charge is 2.50. The maximum absolute atomic E-state index is 12.7. The van der Waals surface area contributed by atoms with E-state index in [2.05, 4.69) is 6.92 Å². The first-order chi connectivity index (χ1) is 11.6. The van der Waals surface area contributed by atoms with Crippen LogP contribution in [0.15, 0.2) is 30.3 Å². The number of hydrogen-bond donors (Lipinski definition) is 0. The van der Waals surface area contributed by atoms with E-state index in [0.717, 1.165) is 11.3 Å². The van der Waals surface area contributed by atoms with E-state index < -0.39 is 5.97 Å². The fraction of sp³-hybridized carbons (Fsp3) is 0.632. The number of rotatable bonds is 7. The molecule has 1 fully saturated rings. The Morgan fingerprint density at radius 1 is 1.21 bits per heavy atom. The van der Waals surface area contributed by atoms with Gasteiger partial charge < -0.3 is 14.2 Å². The zero-order chi connectivity index (χ0) is 17.6. The average Bonchev–Trinajstić information content (AvgIpc) is 2.55. The predicted octanol–water partition coefficient (Wildman–Crippen LogP) is 4.41. The van der Waals surface area contributed by atoms with Gasteiger partial charge in [-0.15, -0.1) is 0 Å². The molecule has 2 rings (SSSR count). The van der Waals surface area contributed by atoms with Gasteiger partial charge in [0.1, 0.15) is 0 Å². The Morgan fingerprint density at radius 3 is 2.38 bits per heavy atom. The van der Waals surface area contributed by atoms with Crippen molar-refractivity contribution in [1.82, 2.24) is 0 Å². The Balaban J connectivity index is 2.37. The minimum absolute atomic E-state index is 0.105. The first kappa shape index (κ1) is 19.4. The number of carbonyl (C=O) groups excluding carboxylic acids is 1. The summed E-state index contributed by atoms with van der Waals surface area (Å²) < 4.78 is 18.0. The topological polar surface area (TPSA) is 44.8 Å². The van der Waals surface area contributed by atoms with Crippen molar-refractivity contribution in [3.8, 4) is 0 Å². The van der Waals surface area contributed by atoms with Crippen LogP contribution in [-0.4, -0.2) is 30.1 Å². The number of thioether (sulfide) groups is 1. The Labute approximate surface area is 149 Å². The molecule has 0 radical (unpaired) electrons. The van der Waals surface area contributed by atoms with Gasteiger partial charge in [-0.25, -0.2) is 0 Å². The van der Waals surface area contributed by atoms with Crippen molar-refractivity contribution in [2.45, 2.75) is 46.2 Å². The van der Waals surface area contributed by atoms with Crippen LogP contribution in [0.25, 0.3) is 0 Å². The lowest BCUT2D eigenvalue weighted by Crippen LogP contribution is -2.50. The van der Waals surface area contributed by atoms with E-state index in [1.807, 2.05) is 51.1 Å². The summed E-state index contributed by atoms with van der Waals surface area (Å²) in [6, 6.07) is 9.90. The molecule has 0 unspecified atom stereocenters. The summed E-state index contributed by atoms with van der Waals surface area (Å²) >= 11 is 1.37. The van der Waals surface area contributed by atoms with E-state index in [-0.39, 0.29) is 23.1 Å². The SMILES string of the molecule is CCOC1(OCC)C[C@@H](C)[C@@H](C(=O)SCC)[C@@H](c2ccccc2)O1. The second-order valence-electron chi connectivity index (χ2n) is 5.96. The van der Waals surface area contributed by atoms with E-state index in [4.69, 9.17) is 14.2 Å². The monoisotopic (exact) mass is 352 g/mol. The molecule has 1 aliphatic heterocycles. The van der Waals surface area contributed by atoms with Crippen LogP contribution < -0.4 is 0 Å². The van der Waals surface area contributed by atoms with Gasteiger partial charge in [-0.05, 0) is 31.1 Å². The Morgan fingerprint density at radius 2 is 1.83 bits per heavy atom. The van der Waals surface area contributed by atoms with Gasteiger partial charge in [0, 0.05) is 19.6 Å². The molecule has 1 saturated heterocycles. The molecule has 0 aliphatic carbocycles. The zero-order valence-electron chi connectivity index (χ0n) is 15.0. The molecule has 1 aliphatic rings. The molecule has 0 bridgehead atoms. The van der Waals surface area contributed by atoms with Gasteiger partial charge in [-0.3, -0.25) is 4.79 Å². The van der Waals surface area contributed by atoms with E-state index in [1.165, 1.54) is 11.8 Å². The standard InChI is InChI=1S/C19H28O4S/c1-5-21-19(22-6-2)13-14(4)16(18(20)24-7-3)17(23-19)15-11-9-8-10-12-15/h8-12,14,16-17H,5-7,13H2,1-4H3/t14-,16-,17-/m1/s1. The Bertz CT molecular complexity index is 513. The lowest BCUT2D eigenvalue weighted by molar-refractivity contribution is -0.418. The molecule has 0 amide bonds. The molecule has 5 heteroatoms. The molecule has 1 heterocycles. The number of carbonyl (C=O) groups is 1. The van der Waals surface area contributed by atoms with Crippen molar-refractivity contribution >= 4 is 16.9 Å². The van der Waals surface area contributed by atoms with Crippen molar-refractivity contribution in [2.24, 2.45) is 11.8 Å². The van der Waals surface area contributed by atoms with Gasteiger partial charge in [0.2, 0.25) is 0 Å². The second-order valence-corrected chi connectivity index (χ2v) is 7.23. The summed E-state index contributed by atoms with van der Waals surface area (Å²) in [4.78, 5) is 12.7. The highest BCUT2D eigenvalue weighted by atomic mass is 32.2. The van der Waals surface area contributed by atoms with E-state index >= 15 is 0 Å². The molecule has 1 aromatic carbocycles.